The molecule has 0 aromatic heterocycles. The van der Waals surface area contributed by atoms with Gasteiger partial charge in [0.25, 0.3) is 0 Å². The van der Waals surface area contributed by atoms with E-state index in [4.69, 9.17) is 37.9 Å². The molecule has 4 atom stereocenters. The Kier molecular flexibility index (Phi) is 16.1. The second-order valence-corrected chi connectivity index (χ2v) is 16.5. The first-order valence-electron chi connectivity index (χ1n) is 22.7. The summed E-state index contributed by atoms with van der Waals surface area (Å²) in [6.45, 7) is 3.47. The number of carbonyl (C=O) groups is 2. The van der Waals surface area contributed by atoms with Gasteiger partial charge in [0.15, 0.2) is 29.1 Å². The van der Waals surface area contributed by atoms with Gasteiger partial charge in [-0.25, -0.2) is 9.59 Å². The van der Waals surface area contributed by atoms with Crippen molar-refractivity contribution in [2.45, 2.75) is 57.5 Å². The van der Waals surface area contributed by atoms with Crippen LogP contribution in [0.2, 0.25) is 0 Å². The molecule has 364 valence electrons. The Bertz CT molecular complexity index is 2890. The summed E-state index contributed by atoms with van der Waals surface area (Å²) in [5.41, 5.74) is 1.47. The van der Waals surface area contributed by atoms with E-state index >= 15 is 4.79 Å². The number of benzene rings is 7. The fourth-order valence-corrected chi connectivity index (χ4v) is 8.00. The molecule has 0 fully saturated rings. The zero-order valence-electron chi connectivity index (χ0n) is 38.7. The first kappa shape index (κ1) is 49.1. The van der Waals surface area contributed by atoms with Crippen LogP contribution in [0.5, 0.6) is 40.2 Å². The van der Waals surface area contributed by atoms with Crippen LogP contribution in [0.4, 0.5) is 0 Å². The highest BCUT2D eigenvalue weighted by Gasteiger charge is 2.44. The predicted octanol–water partition coefficient (Wildman–Crippen LogP) is 9.98. The van der Waals surface area contributed by atoms with E-state index in [-0.39, 0.29) is 39.6 Å². The van der Waals surface area contributed by atoms with Gasteiger partial charge in [-0.2, -0.15) is 0 Å². The Balaban J connectivity index is 1.30. The van der Waals surface area contributed by atoms with Gasteiger partial charge in [0.2, 0.25) is 11.5 Å². The molecule has 0 spiro atoms. The van der Waals surface area contributed by atoms with Crippen LogP contribution in [-0.2, 0) is 56.7 Å². The predicted molar refractivity (Wildman–Crippen MR) is 261 cm³/mol. The molecule has 0 aliphatic carbocycles. The largest absolute Gasteiger partial charge is 0.504 e. The summed E-state index contributed by atoms with van der Waals surface area (Å²) in [6.07, 6.45) is -4.26. The van der Waals surface area contributed by atoms with Gasteiger partial charge in [0.1, 0.15) is 37.3 Å². The van der Waals surface area contributed by atoms with Gasteiger partial charge in [-0.1, -0.05) is 140 Å². The average Bonchev–Trinajstić information content (AvgIpc) is 3.41. The smallest absolute Gasteiger partial charge is 0.339 e. The minimum Gasteiger partial charge on any atom is -0.504 e. The number of esters is 2. The molecular formula is C57H52O14. The summed E-state index contributed by atoms with van der Waals surface area (Å²) in [6, 6.07) is 45.4. The van der Waals surface area contributed by atoms with Gasteiger partial charge in [-0.3, -0.25) is 0 Å². The molecule has 1 aliphatic rings. The third kappa shape index (κ3) is 11.9. The number of methoxy groups -OCH3 is 1. The van der Waals surface area contributed by atoms with Gasteiger partial charge in [0, 0.05) is 11.1 Å². The molecule has 1 aliphatic heterocycles. The van der Waals surface area contributed by atoms with E-state index in [9.17, 15) is 25.2 Å². The second kappa shape index (κ2) is 23.3. The van der Waals surface area contributed by atoms with E-state index in [1.54, 1.807) is 92.0 Å². The molecule has 8 rings (SSSR count). The molecule has 1 heterocycles. The standard InChI is InChI=1S/C57H52O14/c1-3-46-54(69-34-39-22-14-7-15-23-39)55(47(35-65-30-36-16-8-4-9-17-36)66-31-40-24-26-41(64-2)27-25-40)71-57(63)43-29-45(59)53(68-33-38-20-12-6-13-21-38)51(61)49(43)48-42(56(62)70-46)28-44(58)52(50(48)60)67-32-37-18-10-5-11-19-37/h3-29,46-47,54-55,58-61H,1,30-35H2,2H3/t46-,47+,54?,55+/m0/s1. The summed E-state index contributed by atoms with van der Waals surface area (Å²) >= 11 is 0. The Morgan fingerprint density at radius 3 is 1.46 bits per heavy atom. The molecule has 1 unspecified atom stereocenters. The van der Waals surface area contributed by atoms with Crippen LogP contribution in [0.25, 0.3) is 11.1 Å². The van der Waals surface area contributed by atoms with Crippen molar-refractivity contribution in [2.75, 3.05) is 13.7 Å². The lowest BCUT2D eigenvalue weighted by Gasteiger charge is -2.36. The lowest BCUT2D eigenvalue weighted by molar-refractivity contribution is -0.164. The maximum atomic E-state index is 15.3. The van der Waals surface area contributed by atoms with Crippen LogP contribution in [0, 0.1) is 0 Å². The van der Waals surface area contributed by atoms with Gasteiger partial charge >= 0.3 is 11.9 Å². The number of aromatic hydroxyl groups is 4. The molecule has 0 radical (unpaired) electrons. The number of hydrogen-bond acceptors (Lipinski definition) is 14. The summed E-state index contributed by atoms with van der Waals surface area (Å²) in [5, 5.41) is 47.8. The second-order valence-electron chi connectivity index (χ2n) is 16.5. The number of hydrogen-bond donors (Lipinski definition) is 4. The first-order valence-corrected chi connectivity index (χ1v) is 22.7. The summed E-state index contributed by atoms with van der Waals surface area (Å²) < 4.78 is 49.6. The summed E-state index contributed by atoms with van der Waals surface area (Å²) in [7, 11) is 1.55. The van der Waals surface area contributed by atoms with Crippen molar-refractivity contribution in [3.05, 3.63) is 209 Å². The highest BCUT2D eigenvalue weighted by Crippen LogP contribution is 2.54. The zero-order chi connectivity index (χ0) is 49.7. The third-order valence-corrected chi connectivity index (χ3v) is 11.6. The van der Waals surface area contributed by atoms with Crippen molar-refractivity contribution in [3.63, 3.8) is 0 Å². The van der Waals surface area contributed by atoms with Gasteiger partial charge in [-0.15, -0.1) is 0 Å². The molecule has 14 heteroatoms. The van der Waals surface area contributed by atoms with E-state index < -0.39 is 93.1 Å². The highest BCUT2D eigenvalue weighted by molar-refractivity contribution is 6.08. The van der Waals surface area contributed by atoms with E-state index in [1.807, 2.05) is 60.7 Å². The molecular weight excluding hydrogens is 909 g/mol. The van der Waals surface area contributed by atoms with Crippen molar-refractivity contribution in [3.8, 4) is 51.4 Å². The van der Waals surface area contributed by atoms with Crippen LogP contribution < -0.4 is 14.2 Å². The van der Waals surface area contributed by atoms with Crippen LogP contribution in [0.1, 0.15) is 48.5 Å². The van der Waals surface area contributed by atoms with Crippen molar-refractivity contribution in [2.24, 2.45) is 0 Å². The molecule has 0 amide bonds. The van der Waals surface area contributed by atoms with E-state index in [2.05, 4.69) is 6.58 Å². The number of cyclic esters (lactones) is 2. The number of phenols is 4. The lowest BCUT2D eigenvalue weighted by Crippen LogP contribution is -2.51. The van der Waals surface area contributed by atoms with E-state index in [0.29, 0.717) is 22.4 Å². The number of phenolic OH excluding ortho intramolecular Hbond substituents is 4. The Morgan fingerprint density at radius 1 is 0.563 bits per heavy atom. The van der Waals surface area contributed by atoms with Crippen LogP contribution >= 0.6 is 0 Å². The molecule has 4 N–H and O–H groups in total. The quantitative estimate of drug-likeness (QED) is 0.0443. The Hall–Kier alpha value is -8.30. The number of rotatable bonds is 19. The minimum absolute atomic E-state index is 0.0357. The molecule has 0 bridgehead atoms. The minimum atomic E-state index is -1.52. The average molecular weight is 961 g/mol. The van der Waals surface area contributed by atoms with E-state index in [1.165, 1.54) is 6.08 Å². The third-order valence-electron chi connectivity index (χ3n) is 11.6. The van der Waals surface area contributed by atoms with Crippen molar-refractivity contribution in [1.82, 2.24) is 0 Å². The molecule has 7 aromatic rings. The summed E-state index contributed by atoms with van der Waals surface area (Å²) in [5.74, 6) is -5.84. The normalized spacial score (nSPS) is 16.0. The number of fused-ring (bicyclic) bond motifs is 3. The fourth-order valence-electron chi connectivity index (χ4n) is 8.00. The van der Waals surface area contributed by atoms with Crippen LogP contribution in [0.3, 0.4) is 0 Å². The van der Waals surface area contributed by atoms with Crippen molar-refractivity contribution in [1.29, 1.82) is 0 Å². The monoisotopic (exact) mass is 960 g/mol. The first-order chi connectivity index (χ1) is 34.6. The van der Waals surface area contributed by atoms with Crippen LogP contribution in [0.15, 0.2) is 170 Å². The number of carbonyl (C=O) groups excluding carboxylic acids is 2. The molecule has 71 heavy (non-hydrogen) atoms. The van der Waals surface area contributed by atoms with Gasteiger partial charge in [0.05, 0.1) is 44.7 Å². The molecule has 7 aromatic carbocycles. The Labute approximate surface area is 410 Å². The maximum absolute atomic E-state index is 15.3. The van der Waals surface area contributed by atoms with E-state index in [0.717, 1.165) is 23.3 Å². The molecule has 0 saturated carbocycles. The maximum Gasteiger partial charge on any atom is 0.339 e. The number of ether oxygens (including phenoxy) is 8. The molecule has 14 nitrogen and oxygen atoms in total. The van der Waals surface area contributed by atoms with Crippen molar-refractivity contribution < 1.29 is 67.9 Å². The molecule has 0 saturated heterocycles. The zero-order valence-corrected chi connectivity index (χ0v) is 38.7. The SMILES string of the molecule is C=C[C@@H]1OC(=O)c2cc(O)c(OCc3ccccc3)c(O)c2-c2c(cc(O)c(OCc3ccccc3)c2O)C(=O)O[C@H]([C@@H](COCc2ccccc2)OCc2ccc(OC)cc2)C1OCc1ccccc1. The lowest BCUT2D eigenvalue weighted by atomic mass is 9.91. The van der Waals surface area contributed by atoms with Crippen LogP contribution in [-0.4, -0.2) is 70.5 Å². The fraction of sp³-hybridized carbons (Fsp3) is 0.193. The highest BCUT2D eigenvalue weighted by atomic mass is 16.6. The van der Waals surface area contributed by atoms with Crippen molar-refractivity contribution >= 4 is 11.9 Å². The van der Waals surface area contributed by atoms with Gasteiger partial charge < -0.3 is 58.3 Å². The topological polar surface area (TPSA) is 189 Å². The Morgan fingerprint density at radius 2 is 1.00 bits per heavy atom. The summed E-state index contributed by atoms with van der Waals surface area (Å²) in [4.78, 5) is 30.2. The van der Waals surface area contributed by atoms with Gasteiger partial charge in [-0.05, 0) is 58.2 Å².